The third-order valence-electron chi connectivity index (χ3n) is 5.84. The number of nitro groups is 1. The monoisotopic (exact) mass is 407 g/mol. The van der Waals surface area contributed by atoms with E-state index in [2.05, 4.69) is 6.92 Å². The number of phenolic OH excluding ortho intramolecular Hbond substituents is 2. The first-order chi connectivity index (χ1) is 14.0. The van der Waals surface area contributed by atoms with Crippen LogP contribution in [0, 0.1) is 10.1 Å². The van der Waals surface area contributed by atoms with Crippen LogP contribution in [-0.4, -0.2) is 15.1 Å². The van der Waals surface area contributed by atoms with Gasteiger partial charge in [-0.25, -0.2) is 0 Å². The minimum Gasteiger partial charge on any atom is -0.507 e. The van der Waals surface area contributed by atoms with Crippen molar-refractivity contribution in [3.05, 3.63) is 27.8 Å². The van der Waals surface area contributed by atoms with Crippen LogP contribution in [0.3, 0.4) is 0 Å². The van der Waals surface area contributed by atoms with Gasteiger partial charge in [0.2, 0.25) is 0 Å². The van der Waals surface area contributed by atoms with Crippen molar-refractivity contribution in [3.8, 4) is 11.5 Å². The summed E-state index contributed by atoms with van der Waals surface area (Å²) in [5, 5.41) is 30.6. The number of aromatic hydroxyl groups is 2. The molecule has 0 fully saturated rings. The van der Waals surface area contributed by atoms with Crippen LogP contribution in [0.1, 0.15) is 122 Å². The summed E-state index contributed by atoms with van der Waals surface area (Å²) in [6.07, 6.45) is 19.4. The van der Waals surface area contributed by atoms with Crippen LogP contribution >= 0.6 is 0 Å². The SMILES string of the molecule is CCCCCCCCCCCCCCCCC(C)c1cc(O)c([N+](=O)[O-])cc1O. The second-order valence-electron chi connectivity index (χ2n) is 8.44. The predicted molar refractivity (Wildman–Crippen MR) is 120 cm³/mol. The average Bonchev–Trinajstić information content (AvgIpc) is 2.69. The van der Waals surface area contributed by atoms with Gasteiger partial charge >= 0.3 is 5.69 Å². The Morgan fingerprint density at radius 2 is 1.24 bits per heavy atom. The molecule has 1 atom stereocenters. The summed E-state index contributed by atoms with van der Waals surface area (Å²) >= 11 is 0. The Bertz CT molecular complexity index is 588. The summed E-state index contributed by atoms with van der Waals surface area (Å²) in [6, 6.07) is 2.38. The number of benzene rings is 1. The molecule has 0 saturated carbocycles. The Kier molecular flexibility index (Phi) is 13.2. The van der Waals surface area contributed by atoms with Crippen molar-refractivity contribution < 1.29 is 15.1 Å². The van der Waals surface area contributed by atoms with Gasteiger partial charge in [-0.05, 0) is 18.4 Å². The lowest BCUT2D eigenvalue weighted by Crippen LogP contribution is -1.97. The number of hydrogen-bond acceptors (Lipinski definition) is 4. The molecule has 0 heterocycles. The normalized spacial score (nSPS) is 12.2. The van der Waals surface area contributed by atoms with Crippen LogP contribution in [0.25, 0.3) is 0 Å². The van der Waals surface area contributed by atoms with E-state index in [0.717, 1.165) is 18.9 Å². The highest BCUT2D eigenvalue weighted by molar-refractivity contribution is 5.54. The van der Waals surface area contributed by atoms with Crippen molar-refractivity contribution in [3.63, 3.8) is 0 Å². The molecule has 1 unspecified atom stereocenters. The molecule has 29 heavy (non-hydrogen) atoms. The lowest BCUT2D eigenvalue weighted by Gasteiger charge is -2.14. The molecule has 0 aliphatic carbocycles. The molecule has 0 aliphatic heterocycles. The summed E-state index contributed by atoms with van der Waals surface area (Å²) in [4.78, 5) is 10.1. The molecule has 2 N–H and O–H groups in total. The van der Waals surface area contributed by atoms with Crippen molar-refractivity contribution in [2.45, 2.75) is 116 Å². The van der Waals surface area contributed by atoms with Gasteiger partial charge in [0.1, 0.15) is 5.75 Å². The minimum absolute atomic E-state index is 0.0685. The predicted octanol–water partition coefficient (Wildman–Crippen LogP) is 7.98. The second kappa shape index (κ2) is 15.1. The van der Waals surface area contributed by atoms with Gasteiger partial charge in [-0.3, -0.25) is 10.1 Å². The zero-order valence-electron chi connectivity index (χ0n) is 18.5. The zero-order valence-corrected chi connectivity index (χ0v) is 18.5. The molecule has 5 nitrogen and oxygen atoms in total. The van der Waals surface area contributed by atoms with Gasteiger partial charge in [0.15, 0.2) is 5.75 Å². The average molecular weight is 408 g/mol. The highest BCUT2D eigenvalue weighted by Crippen LogP contribution is 2.38. The second-order valence-corrected chi connectivity index (χ2v) is 8.44. The van der Waals surface area contributed by atoms with Crippen molar-refractivity contribution in [1.29, 1.82) is 0 Å². The number of nitro benzene ring substituents is 1. The fraction of sp³-hybridized carbons (Fsp3) is 0.750. The van der Waals surface area contributed by atoms with E-state index >= 15 is 0 Å². The van der Waals surface area contributed by atoms with Crippen molar-refractivity contribution in [2.24, 2.45) is 0 Å². The topological polar surface area (TPSA) is 83.6 Å². The van der Waals surface area contributed by atoms with E-state index < -0.39 is 10.6 Å². The van der Waals surface area contributed by atoms with E-state index in [0.29, 0.717) is 5.56 Å². The van der Waals surface area contributed by atoms with Gasteiger partial charge in [0, 0.05) is 5.56 Å². The summed E-state index contributed by atoms with van der Waals surface area (Å²) in [5.74, 6) is -0.415. The first-order valence-electron chi connectivity index (χ1n) is 11.7. The molecular formula is C24H41NO4. The maximum atomic E-state index is 10.8. The third kappa shape index (κ3) is 10.5. The largest absolute Gasteiger partial charge is 0.507 e. The Labute approximate surface area is 176 Å². The molecule has 0 radical (unpaired) electrons. The van der Waals surface area contributed by atoms with Gasteiger partial charge in [0.05, 0.1) is 11.0 Å². The first kappa shape index (κ1) is 25.3. The molecule has 5 heteroatoms. The van der Waals surface area contributed by atoms with E-state index in [1.807, 2.05) is 6.92 Å². The van der Waals surface area contributed by atoms with Gasteiger partial charge in [-0.2, -0.15) is 0 Å². The van der Waals surface area contributed by atoms with E-state index in [1.165, 1.54) is 89.5 Å². The highest BCUT2D eigenvalue weighted by Gasteiger charge is 2.20. The molecular weight excluding hydrogens is 366 g/mol. The summed E-state index contributed by atoms with van der Waals surface area (Å²) in [5.41, 5.74) is 0.137. The van der Waals surface area contributed by atoms with Crippen LogP contribution in [0.15, 0.2) is 12.1 Å². The lowest BCUT2D eigenvalue weighted by molar-refractivity contribution is -0.386. The minimum atomic E-state index is -0.683. The molecule has 1 aromatic carbocycles. The fourth-order valence-corrected chi connectivity index (χ4v) is 3.92. The van der Waals surface area contributed by atoms with Crippen LogP contribution in [-0.2, 0) is 0 Å². The molecule has 0 spiro atoms. The number of hydrogen-bond donors (Lipinski definition) is 2. The molecule has 0 bridgehead atoms. The number of phenols is 2. The third-order valence-corrected chi connectivity index (χ3v) is 5.84. The van der Waals surface area contributed by atoms with Crippen LogP contribution < -0.4 is 0 Å². The summed E-state index contributed by atoms with van der Waals surface area (Å²) < 4.78 is 0. The smallest absolute Gasteiger partial charge is 0.314 e. The van der Waals surface area contributed by atoms with E-state index in [9.17, 15) is 20.3 Å². The zero-order chi connectivity index (χ0) is 21.5. The Morgan fingerprint density at radius 3 is 1.69 bits per heavy atom. The van der Waals surface area contributed by atoms with E-state index in [4.69, 9.17) is 0 Å². The Hall–Kier alpha value is -1.78. The number of unbranched alkanes of at least 4 members (excludes halogenated alkanes) is 13. The molecule has 0 saturated heterocycles. The number of nitrogens with zero attached hydrogens (tertiary/aromatic N) is 1. The Balaban J connectivity index is 2.06. The van der Waals surface area contributed by atoms with E-state index in [-0.39, 0.29) is 17.4 Å². The molecule has 0 aromatic heterocycles. The van der Waals surface area contributed by atoms with Gasteiger partial charge < -0.3 is 10.2 Å². The van der Waals surface area contributed by atoms with Crippen LogP contribution in [0.4, 0.5) is 5.69 Å². The molecule has 166 valence electrons. The molecule has 1 rings (SSSR count). The van der Waals surface area contributed by atoms with Gasteiger partial charge in [0.25, 0.3) is 0 Å². The van der Waals surface area contributed by atoms with Crippen molar-refractivity contribution in [2.75, 3.05) is 0 Å². The maximum Gasteiger partial charge on any atom is 0.314 e. The lowest BCUT2D eigenvalue weighted by atomic mass is 9.93. The van der Waals surface area contributed by atoms with Crippen LogP contribution in [0.2, 0.25) is 0 Å². The maximum absolute atomic E-state index is 10.8. The molecule has 0 amide bonds. The summed E-state index contributed by atoms with van der Waals surface area (Å²) in [6.45, 7) is 4.25. The Morgan fingerprint density at radius 1 is 0.793 bits per heavy atom. The fourth-order valence-electron chi connectivity index (χ4n) is 3.92. The highest BCUT2D eigenvalue weighted by atomic mass is 16.6. The van der Waals surface area contributed by atoms with Gasteiger partial charge in [-0.1, -0.05) is 104 Å². The quantitative estimate of drug-likeness (QED) is 0.119. The van der Waals surface area contributed by atoms with E-state index in [1.54, 1.807) is 0 Å². The van der Waals surface area contributed by atoms with Crippen molar-refractivity contribution in [1.82, 2.24) is 0 Å². The standard InChI is InChI=1S/C24H41NO4/c1-3-4-5-6-7-8-9-10-11-12-13-14-15-16-17-20(2)21-18-24(27)22(25(28)29)19-23(21)26/h18-20,26-27H,3-17H2,1-2H3. The van der Waals surface area contributed by atoms with Gasteiger partial charge in [-0.15, -0.1) is 0 Å². The number of rotatable bonds is 17. The van der Waals surface area contributed by atoms with Crippen molar-refractivity contribution >= 4 is 5.69 Å². The summed E-state index contributed by atoms with van der Waals surface area (Å²) in [7, 11) is 0. The molecule has 1 aromatic rings. The molecule has 0 aliphatic rings. The van der Waals surface area contributed by atoms with Crippen LogP contribution in [0.5, 0.6) is 11.5 Å². The first-order valence-corrected chi connectivity index (χ1v) is 11.7.